The summed E-state index contributed by atoms with van der Waals surface area (Å²) in [5.41, 5.74) is 7.22. The van der Waals surface area contributed by atoms with Crippen LogP contribution in [0.3, 0.4) is 0 Å². The monoisotopic (exact) mass is 1600 g/mol. The molecule has 0 bridgehead atoms. The van der Waals surface area contributed by atoms with Crippen LogP contribution in [0.2, 0.25) is 29.6 Å². The number of hydrogen-bond acceptors (Lipinski definition) is 6. The van der Waals surface area contributed by atoms with E-state index in [1.165, 1.54) is 315 Å². The van der Waals surface area contributed by atoms with Crippen molar-refractivity contribution in [3.8, 4) is 22.3 Å². The number of benzene rings is 3. The fourth-order valence-corrected chi connectivity index (χ4v) is 26.7. The second kappa shape index (κ2) is 46.9. The molecule has 0 saturated heterocycles. The average molecular weight is 1600 g/mol. The Kier molecular flexibility index (Phi) is 39.9. The van der Waals surface area contributed by atoms with E-state index in [4.69, 9.17) is 29.9 Å². The van der Waals surface area contributed by atoms with Gasteiger partial charge in [-0.05, 0) is 0 Å². The molecule has 0 radical (unpaired) electrons. The van der Waals surface area contributed by atoms with Gasteiger partial charge in [-0.1, -0.05) is 207 Å². The first-order chi connectivity index (χ1) is 48.7. The molecule has 0 N–H and O–H groups in total. The summed E-state index contributed by atoms with van der Waals surface area (Å²) in [6.45, 7) is 9.22. The second-order valence-corrected chi connectivity index (χ2v) is 63.6. The van der Waals surface area contributed by atoms with E-state index in [9.17, 15) is 0 Å². The molecule has 7 rings (SSSR count). The average Bonchev–Trinajstić information content (AvgIpc) is 1.50. The Bertz CT molecular complexity index is 2780. The van der Waals surface area contributed by atoms with Crippen LogP contribution in [-0.2, 0) is 10.8 Å². The molecule has 2 aromatic heterocycles. The van der Waals surface area contributed by atoms with Gasteiger partial charge in [-0.25, -0.2) is 0 Å². The van der Waals surface area contributed by atoms with E-state index in [1.807, 2.05) is 0 Å². The Morgan fingerprint density at radius 2 is 0.440 bits per heavy atom. The summed E-state index contributed by atoms with van der Waals surface area (Å²) < 4.78 is 55.2. The van der Waals surface area contributed by atoms with Crippen molar-refractivity contribution in [1.29, 1.82) is 0 Å². The minimum Gasteiger partial charge on any atom is -0.0654 e. The Morgan fingerprint density at radius 1 is 0.260 bits per heavy atom. The molecule has 2 aliphatic rings. The maximum absolute atomic E-state index is 20.5. The predicted octanol–water partition coefficient (Wildman–Crippen LogP) is 30.1. The standard InChI is InChI=1S/C84H134F2N4O2.6CH3.2Sn/c1-5-9-13-17-21-25-29-33-37-41-45-49-53-57-65-83(66-58-54-50-46-42-38-34-30-26-22-18-14-10-6-2)69-61-63-71-81(89-91-87-71)73(69)75-77(83)79(85)76-74-70(62-64-72-82(74)90-92-88-72)84(78(76)80(75)86,67-59-55-51-47-43-39-35-31-27-23-19-15-11-7-3)68-60-56-52-48-44-40-36-32-28-24-20-16-12-8-4;;;;;;;;/h61-62H,5-60,65-68H2,1-4H3;6*1H3;;. The molecule has 2 heterocycles. The van der Waals surface area contributed by atoms with Crippen molar-refractivity contribution in [2.24, 2.45) is 0 Å². The number of hydrogen-bond donors (Lipinski definition) is 0. The summed E-state index contributed by atoms with van der Waals surface area (Å²) in [7, 11) is 0. The van der Waals surface area contributed by atoms with Crippen LogP contribution in [-0.4, -0.2) is 57.4 Å². The Balaban J connectivity index is 1.26. The summed E-state index contributed by atoms with van der Waals surface area (Å²) in [6.07, 6.45) is 75.0. The number of halogens is 2. The van der Waals surface area contributed by atoms with Crippen LogP contribution in [0, 0.1) is 11.6 Å². The molecule has 0 atom stereocenters. The molecule has 566 valence electrons. The molecule has 3 aromatic carbocycles. The third-order valence-corrected chi connectivity index (χ3v) is 35.8. The van der Waals surface area contributed by atoms with Crippen molar-refractivity contribution in [3.63, 3.8) is 0 Å². The molecule has 0 amide bonds. The first-order valence-corrected chi connectivity index (χ1v) is 63.9. The zero-order valence-electron chi connectivity index (χ0n) is 66.9. The second-order valence-electron chi connectivity index (χ2n) is 34.8. The first kappa shape index (κ1) is 85.2. The fraction of sp³-hybridized carbons (Fsp3) is 0.800. The van der Waals surface area contributed by atoms with Crippen LogP contribution in [0.1, 0.15) is 435 Å². The molecule has 0 spiro atoms. The number of nitrogens with zero attached hydrogens (tertiary/aromatic N) is 4. The normalized spacial score (nSPS) is 14.0. The van der Waals surface area contributed by atoms with Crippen molar-refractivity contribution >= 4 is 66.0 Å². The van der Waals surface area contributed by atoms with Crippen molar-refractivity contribution in [3.05, 3.63) is 46.0 Å². The molecule has 100 heavy (non-hydrogen) atoms. The molecule has 0 unspecified atom stereocenters. The van der Waals surface area contributed by atoms with Crippen molar-refractivity contribution in [2.45, 2.75) is 453 Å². The predicted molar refractivity (Wildman–Crippen MR) is 435 cm³/mol. The summed E-state index contributed by atoms with van der Waals surface area (Å²) in [5.74, 6) is -0.435. The molecular weight excluding hydrogens is 1440 g/mol. The van der Waals surface area contributed by atoms with Crippen LogP contribution < -0.4 is 7.16 Å². The van der Waals surface area contributed by atoms with Crippen LogP contribution in [0.4, 0.5) is 8.78 Å². The van der Waals surface area contributed by atoms with Crippen LogP contribution in [0.15, 0.2) is 21.4 Å². The fourth-order valence-electron chi connectivity index (χ4n) is 18.4. The van der Waals surface area contributed by atoms with Gasteiger partial charge in [0, 0.05) is 0 Å². The SMILES string of the molecule is CCCCCCCCCCCCCCCCC1(CCCCCCCCCCCCCCCC)c2c[c]([Sn]([CH3])([CH3])[CH3])c3nonc3c2-c2c(F)c3c(c(F)c21)-c1c(c[c]([Sn]([CH3])([CH3])[CH3])c2nonc12)C3(CCCCCCCCCCCCCCCC)CCCCCCCCCCCCCCCC. The molecule has 6 nitrogen and oxygen atoms in total. The Hall–Kier alpha value is -2.08. The van der Waals surface area contributed by atoms with Gasteiger partial charge in [0.1, 0.15) is 0 Å². The van der Waals surface area contributed by atoms with Gasteiger partial charge in [-0.3, -0.25) is 0 Å². The molecule has 10 heteroatoms. The van der Waals surface area contributed by atoms with Gasteiger partial charge in [0.05, 0.1) is 0 Å². The smallest absolute Gasteiger partial charge is 0.0654 e. The number of fused-ring (bicyclic) bond motifs is 10. The van der Waals surface area contributed by atoms with Gasteiger partial charge in [0.15, 0.2) is 0 Å². The minimum atomic E-state index is -3.05. The maximum atomic E-state index is 20.5. The van der Waals surface area contributed by atoms with Crippen molar-refractivity contribution < 1.29 is 18.0 Å². The van der Waals surface area contributed by atoms with E-state index in [0.29, 0.717) is 33.3 Å². The Labute approximate surface area is 621 Å². The third-order valence-electron chi connectivity index (χ3n) is 24.4. The van der Waals surface area contributed by atoms with Crippen molar-refractivity contribution in [2.75, 3.05) is 0 Å². The van der Waals surface area contributed by atoms with Gasteiger partial charge < -0.3 is 0 Å². The van der Waals surface area contributed by atoms with E-state index in [-0.39, 0.29) is 11.6 Å². The molecule has 5 aromatic rings. The van der Waals surface area contributed by atoms with E-state index in [1.54, 1.807) is 0 Å². The Morgan fingerprint density at radius 3 is 0.630 bits per heavy atom. The van der Waals surface area contributed by atoms with Gasteiger partial charge in [-0.2, -0.15) is 0 Å². The number of rotatable bonds is 62. The van der Waals surface area contributed by atoms with Crippen LogP contribution in [0.5, 0.6) is 0 Å². The van der Waals surface area contributed by atoms with E-state index < -0.39 is 47.6 Å². The quantitative estimate of drug-likeness (QED) is 0.0285. The zero-order valence-corrected chi connectivity index (χ0v) is 72.7. The van der Waals surface area contributed by atoms with Gasteiger partial charge in [0.25, 0.3) is 0 Å². The summed E-state index contributed by atoms with van der Waals surface area (Å²) >= 11 is -6.10. The number of unbranched alkanes of at least 4 members (excludes halogenated alkanes) is 52. The minimum absolute atomic E-state index is 0.217. The summed E-state index contributed by atoms with van der Waals surface area (Å²) in [4.78, 5) is 14.7. The molecule has 0 fully saturated rings. The molecule has 0 aliphatic heterocycles. The third kappa shape index (κ3) is 25.0. The van der Waals surface area contributed by atoms with Gasteiger partial charge in [-0.15, -0.1) is 0 Å². The number of aromatic nitrogens is 4. The van der Waals surface area contributed by atoms with Crippen molar-refractivity contribution in [1.82, 2.24) is 20.6 Å². The molecule has 2 aliphatic carbocycles. The van der Waals surface area contributed by atoms with E-state index >= 15 is 8.78 Å². The van der Waals surface area contributed by atoms with Gasteiger partial charge in [0.2, 0.25) is 0 Å². The summed E-state index contributed by atoms with van der Waals surface area (Å²) in [6, 6.07) is 4.89. The van der Waals surface area contributed by atoms with E-state index in [0.717, 1.165) is 110 Å². The van der Waals surface area contributed by atoms with Crippen LogP contribution >= 0.6 is 0 Å². The van der Waals surface area contributed by atoms with E-state index in [2.05, 4.69) is 69.5 Å². The summed E-state index contributed by atoms with van der Waals surface area (Å²) in [5, 5.41) is 19.2. The first-order valence-electron chi connectivity index (χ1n) is 43.9. The van der Waals surface area contributed by atoms with Crippen LogP contribution in [0.25, 0.3) is 44.3 Å². The zero-order chi connectivity index (χ0) is 71.3. The molecule has 0 saturated carbocycles. The van der Waals surface area contributed by atoms with Gasteiger partial charge >= 0.3 is 419 Å². The topological polar surface area (TPSA) is 77.8 Å². The molecular formula is C90H152F2N4O2Sn2.